The Balaban J connectivity index is 1.82. The SMILES string of the molecule is COCCC1(C(=O)NCC(C)(C)OC)CNC(=O)CCCN(C(=O)C2CCOCC2)CCCNC(=O)COc2ccc(cc2)C1. The molecule has 12 heteroatoms. The second-order valence-corrected chi connectivity index (χ2v) is 12.6. The highest BCUT2D eigenvalue weighted by atomic mass is 16.5. The van der Waals surface area contributed by atoms with Crippen molar-refractivity contribution < 1.29 is 38.1 Å². The van der Waals surface area contributed by atoms with Crippen molar-refractivity contribution in [1.82, 2.24) is 20.9 Å². The standard InChI is InChI=1S/C33H52N4O8/c1-32(2,43-4)23-36-31(41)33(14-20-42-3)21-25-8-10-27(11-9-25)45-22-29(39)34-15-6-17-37(16-5-7-28(38)35-24-33)30(40)26-12-18-44-19-13-26/h8-11,26H,5-7,12-24H2,1-4H3,(H,34,39)(H,35,38)(H,36,41). The zero-order valence-corrected chi connectivity index (χ0v) is 27.4. The molecule has 0 aliphatic carbocycles. The van der Waals surface area contributed by atoms with E-state index in [0.717, 1.165) is 5.56 Å². The van der Waals surface area contributed by atoms with Crippen molar-refractivity contribution in [3.05, 3.63) is 29.8 Å². The van der Waals surface area contributed by atoms with Crippen LogP contribution in [0.3, 0.4) is 0 Å². The van der Waals surface area contributed by atoms with Gasteiger partial charge in [0, 0.05) is 79.1 Å². The second kappa shape index (κ2) is 18.1. The van der Waals surface area contributed by atoms with Crippen molar-refractivity contribution in [3.63, 3.8) is 0 Å². The Morgan fingerprint density at radius 3 is 2.44 bits per heavy atom. The summed E-state index contributed by atoms with van der Waals surface area (Å²) in [6.45, 7) is 6.79. The van der Waals surface area contributed by atoms with E-state index in [1.807, 2.05) is 26.0 Å². The van der Waals surface area contributed by atoms with Gasteiger partial charge in [-0.25, -0.2) is 0 Å². The molecular formula is C33H52N4O8. The highest BCUT2D eigenvalue weighted by Gasteiger charge is 2.39. The lowest BCUT2D eigenvalue weighted by molar-refractivity contribution is -0.139. The van der Waals surface area contributed by atoms with Crippen molar-refractivity contribution >= 4 is 23.6 Å². The number of carbonyl (C=O) groups is 4. The van der Waals surface area contributed by atoms with Crippen LogP contribution in [0, 0.1) is 11.3 Å². The predicted molar refractivity (Wildman–Crippen MR) is 169 cm³/mol. The van der Waals surface area contributed by atoms with Crippen molar-refractivity contribution in [2.45, 2.75) is 64.4 Å². The molecule has 252 valence electrons. The fraction of sp³-hybridized carbons (Fsp3) is 0.697. The molecule has 3 aliphatic rings. The van der Waals surface area contributed by atoms with Crippen LogP contribution in [0.25, 0.3) is 0 Å². The largest absolute Gasteiger partial charge is 0.484 e. The Labute approximate surface area is 267 Å². The molecule has 0 saturated carbocycles. The van der Waals surface area contributed by atoms with E-state index in [1.165, 1.54) is 0 Å². The monoisotopic (exact) mass is 632 g/mol. The summed E-state index contributed by atoms with van der Waals surface area (Å²) >= 11 is 0. The Morgan fingerprint density at radius 1 is 1.04 bits per heavy atom. The van der Waals surface area contributed by atoms with Crippen LogP contribution in [0.15, 0.2) is 24.3 Å². The summed E-state index contributed by atoms with van der Waals surface area (Å²) in [6.07, 6.45) is 3.33. The number of benzene rings is 1. The number of hydrogen-bond donors (Lipinski definition) is 3. The lowest BCUT2D eigenvalue weighted by Gasteiger charge is -2.34. The van der Waals surface area contributed by atoms with Crippen LogP contribution in [0.2, 0.25) is 0 Å². The summed E-state index contributed by atoms with van der Waals surface area (Å²) in [5, 5.41) is 8.92. The molecule has 4 amide bonds. The first-order valence-electron chi connectivity index (χ1n) is 16.0. The number of rotatable bonds is 8. The quantitative estimate of drug-likeness (QED) is 0.394. The summed E-state index contributed by atoms with van der Waals surface area (Å²) in [5.74, 6) is -0.161. The molecule has 45 heavy (non-hydrogen) atoms. The third-order valence-corrected chi connectivity index (χ3v) is 8.59. The van der Waals surface area contributed by atoms with Crippen LogP contribution >= 0.6 is 0 Å². The topological polar surface area (TPSA) is 145 Å². The molecular weight excluding hydrogens is 580 g/mol. The molecule has 0 radical (unpaired) electrons. The van der Waals surface area contributed by atoms with Gasteiger partial charge in [-0.2, -0.15) is 0 Å². The highest BCUT2D eigenvalue weighted by molar-refractivity contribution is 5.85. The van der Waals surface area contributed by atoms with Gasteiger partial charge in [-0.1, -0.05) is 12.1 Å². The van der Waals surface area contributed by atoms with Crippen molar-refractivity contribution in [1.29, 1.82) is 0 Å². The number of ether oxygens (including phenoxy) is 4. The number of carbonyl (C=O) groups excluding carboxylic acids is 4. The van der Waals surface area contributed by atoms with Gasteiger partial charge in [0.25, 0.3) is 5.91 Å². The molecule has 0 spiro atoms. The van der Waals surface area contributed by atoms with E-state index >= 15 is 0 Å². The molecule has 1 saturated heterocycles. The normalized spacial score (nSPS) is 21.7. The van der Waals surface area contributed by atoms with Gasteiger partial charge in [0.2, 0.25) is 17.7 Å². The van der Waals surface area contributed by atoms with Gasteiger partial charge in [-0.05, 0) is 70.1 Å². The Hall–Kier alpha value is -3.22. The van der Waals surface area contributed by atoms with Gasteiger partial charge < -0.3 is 39.8 Å². The van der Waals surface area contributed by atoms with Crippen molar-refractivity contribution in [2.24, 2.45) is 11.3 Å². The minimum absolute atomic E-state index is 0.0628. The summed E-state index contributed by atoms with van der Waals surface area (Å²) < 4.78 is 22.0. The minimum atomic E-state index is -1.01. The fourth-order valence-corrected chi connectivity index (χ4v) is 5.48. The second-order valence-electron chi connectivity index (χ2n) is 12.6. The van der Waals surface area contributed by atoms with Gasteiger partial charge in [0.05, 0.1) is 11.0 Å². The van der Waals surface area contributed by atoms with E-state index in [9.17, 15) is 19.2 Å². The summed E-state index contributed by atoms with van der Waals surface area (Å²) in [5.41, 5.74) is -0.716. The van der Waals surface area contributed by atoms with Crippen LogP contribution in [0.5, 0.6) is 5.75 Å². The molecule has 0 aromatic heterocycles. The van der Waals surface area contributed by atoms with E-state index in [1.54, 1.807) is 31.3 Å². The lowest BCUT2D eigenvalue weighted by Crippen LogP contribution is -2.53. The molecule has 1 aromatic rings. The zero-order chi connectivity index (χ0) is 32.7. The van der Waals surface area contributed by atoms with Gasteiger partial charge in [0.1, 0.15) is 5.75 Å². The molecule has 1 unspecified atom stereocenters. The zero-order valence-electron chi connectivity index (χ0n) is 27.4. The molecule has 1 atom stereocenters. The number of hydrogen-bond acceptors (Lipinski definition) is 8. The van der Waals surface area contributed by atoms with Crippen LogP contribution < -0.4 is 20.7 Å². The maximum atomic E-state index is 13.9. The van der Waals surface area contributed by atoms with Crippen LogP contribution in [0.4, 0.5) is 0 Å². The van der Waals surface area contributed by atoms with Crippen molar-refractivity contribution in [2.75, 3.05) is 73.4 Å². The first-order valence-corrected chi connectivity index (χ1v) is 16.0. The fourth-order valence-electron chi connectivity index (χ4n) is 5.48. The maximum absolute atomic E-state index is 13.9. The third kappa shape index (κ3) is 11.9. The van der Waals surface area contributed by atoms with E-state index in [4.69, 9.17) is 18.9 Å². The third-order valence-electron chi connectivity index (χ3n) is 8.59. The van der Waals surface area contributed by atoms with Crippen LogP contribution in [0.1, 0.15) is 57.9 Å². The smallest absolute Gasteiger partial charge is 0.257 e. The van der Waals surface area contributed by atoms with E-state index in [-0.39, 0.29) is 55.7 Å². The molecule has 4 rings (SSSR count). The predicted octanol–water partition coefficient (Wildman–Crippen LogP) is 1.84. The molecule has 3 heterocycles. The average molecular weight is 633 g/mol. The summed E-state index contributed by atoms with van der Waals surface area (Å²) in [6, 6.07) is 7.27. The molecule has 1 fully saturated rings. The van der Waals surface area contributed by atoms with Crippen LogP contribution in [-0.2, 0) is 39.8 Å². The number of fused-ring (bicyclic) bond motifs is 17. The van der Waals surface area contributed by atoms with Gasteiger partial charge >= 0.3 is 0 Å². The van der Waals surface area contributed by atoms with Gasteiger partial charge in [0.15, 0.2) is 6.61 Å². The summed E-state index contributed by atoms with van der Waals surface area (Å²) in [7, 11) is 3.18. The van der Waals surface area contributed by atoms with E-state index in [0.29, 0.717) is 83.7 Å². The number of amides is 4. The Kier molecular flexibility index (Phi) is 14.5. The minimum Gasteiger partial charge on any atom is -0.484 e. The first-order chi connectivity index (χ1) is 21.6. The summed E-state index contributed by atoms with van der Waals surface area (Å²) in [4.78, 5) is 54.7. The lowest BCUT2D eigenvalue weighted by atomic mass is 9.77. The number of methoxy groups -OCH3 is 2. The van der Waals surface area contributed by atoms with Crippen molar-refractivity contribution in [3.8, 4) is 5.75 Å². The molecule has 12 nitrogen and oxygen atoms in total. The maximum Gasteiger partial charge on any atom is 0.257 e. The highest BCUT2D eigenvalue weighted by Crippen LogP contribution is 2.29. The molecule has 3 N–H and O–H groups in total. The number of nitrogens with one attached hydrogen (secondary N) is 3. The van der Waals surface area contributed by atoms with E-state index < -0.39 is 11.0 Å². The first kappa shape index (κ1) is 36.3. The van der Waals surface area contributed by atoms with E-state index in [2.05, 4.69) is 16.0 Å². The molecule has 3 aliphatic heterocycles. The Bertz CT molecular complexity index is 1110. The average Bonchev–Trinajstić information content (AvgIpc) is 3.05. The van der Waals surface area contributed by atoms with Crippen LogP contribution in [-0.4, -0.2) is 108 Å². The Morgan fingerprint density at radius 2 is 1.76 bits per heavy atom. The number of nitrogens with zero attached hydrogens (tertiary/aromatic N) is 1. The molecule has 1 aromatic carbocycles. The van der Waals surface area contributed by atoms with Gasteiger partial charge in [-0.15, -0.1) is 0 Å². The molecule has 2 bridgehead atoms. The van der Waals surface area contributed by atoms with Gasteiger partial charge in [-0.3, -0.25) is 19.2 Å².